The minimum absolute atomic E-state index is 0.113. The molecule has 0 aliphatic carbocycles. The van der Waals surface area contributed by atoms with Crippen LogP contribution in [0.2, 0.25) is 10.0 Å². The summed E-state index contributed by atoms with van der Waals surface area (Å²) in [7, 11) is -4.08. The first-order chi connectivity index (χ1) is 8.76. The maximum Gasteiger partial charge on any atom is 0.321 e. The molecule has 0 aliphatic rings. The third-order valence-corrected chi connectivity index (χ3v) is 4.05. The monoisotopic (exact) mass is 327 g/mol. The fraction of sp³-hybridized carbons (Fsp3) is 0.300. The number of aliphatic hydroxyl groups is 1. The summed E-state index contributed by atoms with van der Waals surface area (Å²) in [6.45, 7) is -0.463. The van der Waals surface area contributed by atoms with Crippen LogP contribution >= 0.6 is 23.2 Å². The molecule has 0 heterocycles. The van der Waals surface area contributed by atoms with Gasteiger partial charge in [0.05, 0.1) is 4.90 Å². The minimum atomic E-state index is -4.08. The number of hydrogen-bond acceptors (Lipinski definition) is 4. The van der Waals surface area contributed by atoms with Gasteiger partial charge in [0.25, 0.3) is 0 Å². The first-order valence-electron chi connectivity index (χ1n) is 5.08. The summed E-state index contributed by atoms with van der Waals surface area (Å²) in [6.07, 6.45) is -0.247. The Bertz CT molecular complexity index is 555. The molecule has 3 N–H and O–H groups in total. The smallest absolute Gasteiger partial charge is 0.321 e. The normalized spacial score (nSPS) is 13.2. The molecule has 1 aromatic carbocycles. The average Bonchev–Trinajstić information content (AvgIpc) is 2.26. The highest BCUT2D eigenvalue weighted by atomic mass is 35.5. The lowest BCUT2D eigenvalue weighted by Crippen LogP contribution is -2.41. The molecule has 0 amide bonds. The molecule has 0 saturated carbocycles. The Morgan fingerprint density at radius 2 is 1.79 bits per heavy atom. The Balaban J connectivity index is 3.06. The van der Waals surface area contributed by atoms with Crippen LogP contribution in [0, 0.1) is 0 Å². The molecule has 9 heteroatoms. The molecule has 1 atom stereocenters. The lowest BCUT2D eigenvalue weighted by Gasteiger charge is -2.14. The molecule has 106 valence electrons. The van der Waals surface area contributed by atoms with Crippen LogP contribution < -0.4 is 4.72 Å². The van der Waals surface area contributed by atoms with Crippen LogP contribution in [0.5, 0.6) is 0 Å². The van der Waals surface area contributed by atoms with E-state index in [0.29, 0.717) is 0 Å². The summed E-state index contributed by atoms with van der Waals surface area (Å²) >= 11 is 11.4. The van der Waals surface area contributed by atoms with E-state index < -0.39 is 28.6 Å². The summed E-state index contributed by atoms with van der Waals surface area (Å²) in [5.74, 6) is -1.38. The van der Waals surface area contributed by atoms with Crippen LogP contribution in [0.25, 0.3) is 0 Å². The van der Waals surface area contributed by atoms with Crippen molar-refractivity contribution in [3.8, 4) is 0 Å². The number of benzene rings is 1. The maximum absolute atomic E-state index is 12.0. The average molecular weight is 328 g/mol. The SMILES string of the molecule is O=C(O)[C@H](CCO)NS(=O)(=O)c1cc(Cl)cc(Cl)c1. The number of aliphatic carboxylic acids is 1. The van der Waals surface area contributed by atoms with E-state index in [-0.39, 0.29) is 21.4 Å². The van der Waals surface area contributed by atoms with E-state index in [2.05, 4.69) is 0 Å². The topological polar surface area (TPSA) is 104 Å². The second kappa shape index (κ2) is 6.53. The number of hydrogen-bond donors (Lipinski definition) is 3. The molecular formula is C10H11Cl2NO5S. The Labute approximate surface area is 120 Å². The Kier molecular flexibility index (Phi) is 5.57. The van der Waals surface area contributed by atoms with Crippen LogP contribution in [-0.4, -0.2) is 37.2 Å². The first-order valence-corrected chi connectivity index (χ1v) is 7.32. The predicted octanol–water partition coefficient (Wildman–Crippen LogP) is 1.11. The molecule has 0 spiro atoms. The van der Waals surface area contributed by atoms with Crippen molar-refractivity contribution in [2.24, 2.45) is 0 Å². The number of carboxylic acids is 1. The van der Waals surface area contributed by atoms with Crippen molar-refractivity contribution in [1.82, 2.24) is 4.72 Å². The maximum atomic E-state index is 12.0. The zero-order valence-corrected chi connectivity index (χ0v) is 11.8. The molecule has 0 aliphatic heterocycles. The molecule has 0 bridgehead atoms. The Morgan fingerprint density at radius 3 is 2.21 bits per heavy atom. The first kappa shape index (κ1) is 16.2. The number of rotatable bonds is 6. The highest BCUT2D eigenvalue weighted by Crippen LogP contribution is 2.22. The lowest BCUT2D eigenvalue weighted by molar-refractivity contribution is -0.139. The van der Waals surface area contributed by atoms with Crippen molar-refractivity contribution in [2.75, 3.05) is 6.61 Å². The van der Waals surface area contributed by atoms with Gasteiger partial charge < -0.3 is 10.2 Å². The molecule has 1 aromatic rings. The van der Waals surface area contributed by atoms with Crippen molar-refractivity contribution in [2.45, 2.75) is 17.4 Å². The van der Waals surface area contributed by atoms with E-state index in [4.69, 9.17) is 33.4 Å². The highest BCUT2D eigenvalue weighted by molar-refractivity contribution is 7.89. The molecule has 19 heavy (non-hydrogen) atoms. The summed E-state index contributed by atoms with van der Waals surface area (Å²) < 4.78 is 25.9. The van der Waals surface area contributed by atoms with E-state index in [1.165, 1.54) is 6.07 Å². The number of carboxylic acid groups (broad SMARTS) is 1. The van der Waals surface area contributed by atoms with Gasteiger partial charge >= 0.3 is 5.97 Å². The molecule has 0 radical (unpaired) electrons. The fourth-order valence-corrected chi connectivity index (χ4v) is 3.25. The van der Waals surface area contributed by atoms with E-state index in [1.807, 2.05) is 4.72 Å². The Hall–Kier alpha value is -0.860. The predicted molar refractivity (Wildman–Crippen MR) is 69.9 cm³/mol. The van der Waals surface area contributed by atoms with E-state index in [1.54, 1.807) is 0 Å². The number of carbonyl (C=O) groups is 1. The third-order valence-electron chi connectivity index (χ3n) is 2.16. The number of nitrogens with one attached hydrogen (secondary N) is 1. The van der Waals surface area contributed by atoms with Gasteiger partial charge in [0.15, 0.2) is 0 Å². The molecule has 0 unspecified atom stereocenters. The second-order valence-electron chi connectivity index (χ2n) is 3.63. The van der Waals surface area contributed by atoms with Gasteiger partial charge in [-0.2, -0.15) is 4.72 Å². The van der Waals surface area contributed by atoms with Crippen LogP contribution in [0.4, 0.5) is 0 Å². The van der Waals surface area contributed by atoms with Crippen molar-refractivity contribution < 1.29 is 23.4 Å². The van der Waals surface area contributed by atoms with Crippen molar-refractivity contribution >= 4 is 39.2 Å². The van der Waals surface area contributed by atoms with Crippen LogP contribution in [0.15, 0.2) is 23.1 Å². The second-order valence-corrected chi connectivity index (χ2v) is 6.22. The van der Waals surface area contributed by atoms with Crippen molar-refractivity contribution in [3.05, 3.63) is 28.2 Å². The number of halogens is 2. The minimum Gasteiger partial charge on any atom is -0.480 e. The molecule has 0 aromatic heterocycles. The van der Waals surface area contributed by atoms with Crippen LogP contribution in [0.3, 0.4) is 0 Å². The van der Waals surface area contributed by atoms with Crippen LogP contribution in [0.1, 0.15) is 6.42 Å². The Morgan fingerprint density at radius 1 is 1.26 bits per heavy atom. The van der Waals surface area contributed by atoms with Crippen LogP contribution in [-0.2, 0) is 14.8 Å². The van der Waals surface area contributed by atoms with Gasteiger partial charge in [-0.05, 0) is 24.6 Å². The molecule has 0 saturated heterocycles. The van der Waals surface area contributed by atoms with Gasteiger partial charge in [-0.1, -0.05) is 23.2 Å². The lowest BCUT2D eigenvalue weighted by atomic mass is 10.2. The van der Waals surface area contributed by atoms with E-state index in [9.17, 15) is 13.2 Å². The highest BCUT2D eigenvalue weighted by Gasteiger charge is 2.25. The zero-order valence-electron chi connectivity index (χ0n) is 9.51. The summed E-state index contributed by atoms with van der Waals surface area (Å²) in [6, 6.07) is 2.22. The summed E-state index contributed by atoms with van der Waals surface area (Å²) in [4.78, 5) is 10.6. The summed E-state index contributed by atoms with van der Waals surface area (Å²) in [5, 5.41) is 17.8. The van der Waals surface area contributed by atoms with E-state index in [0.717, 1.165) is 12.1 Å². The molecule has 6 nitrogen and oxygen atoms in total. The zero-order chi connectivity index (χ0) is 14.6. The van der Waals surface area contributed by atoms with Gasteiger partial charge in [-0.25, -0.2) is 8.42 Å². The summed E-state index contributed by atoms with van der Waals surface area (Å²) in [5.41, 5.74) is 0. The quantitative estimate of drug-likeness (QED) is 0.726. The van der Waals surface area contributed by atoms with Gasteiger partial charge in [0.1, 0.15) is 6.04 Å². The molecule has 0 fully saturated rings. The standard InChI is InChI=1S/C10H11Cl2NO5S/c11-6-3-7(12)5-8(4-6)19(17,18)13-9(1-2-14)10(15)16/h3-5,9,13-14H,1-2H2,(H,15,16)/t9-/m0/s1. The molecule has 1 rings (SSSR count). The fourth-order valence-electron chi connectivity index (χ4n) is 1.30. The number of aliphatic hydroxyl groups excluding tert-OH is 1. The van der Waals surface area contributed by atoms with E-state index >= 15 is 0 Å². The van der Waals surface area contributed by atoms with Gasteiger partial charge in [-0.15, -0.1) is 0 Å². The van der Waals surface area contributed by atoms with Crippen molar-refractivity contribution in [3.63, 3.8) is 0 Å². The molecular weight excluding hydrogens is 317 g/mol. The van der Waals surface area contributed by atoms with Gasteiger partial charge in [-0.3, -0.25) is 4.79 Å². The van der Waals surface area contributed by atoms with Gasteiger partial charge in [0, 0.05) is 16.7 Å². The third kappa shape index (κ3) is 4.63. The largest absolute Gasteiger partial charge is 0.480 e. The number of sulfonamides is 1. The van der Waals surface area contributed by atoms with Gasteiger partial charge in [0.2, 0.25) is 10.0 Å². The van der Waals surface area contributed by atoms with Crippen molar-refractivity contribution in [1.29, 1.82) is 0 Å².